The third kappa shape index (κ3) is 3.62. The average Bonchev–Trinajstić information content (AvgIpc) is 2.99. The zero-order chi connectivity index (χ0) is 18.0. The van der Waals surface area contributed by atoms with Gasteiger partial charge in [-0.25, -0.2) is 9.97 Å². The Balaban J connectivity index is 1.89. The van der Waals surface area contributed by atoms with Crippen molar-refractivity contribution < 1.29 is 4.92 Å². The summed E-state index contributed by atoms with van der Waals surface area (Å²) < 4.78 is 1.63. The molecule has 25 heavy (non-hydrogen) atoms. The summed E-state index contributed by atoms with van der Waals surface area (Å²) in [4.78, 5) is 23.9. The van der Waals surface area contributed by atoms with Crippen molar-refractivity contribution in [2.24, 2.45) is 11.8 Å². The van der Waals surface area contributed by atoms with Crippen LogP contribution in [0.3, 0.4) is 0 Å². The monoisotopic (exact) mass is 344 g/mol. The van der Waals surface area contributed by atoms with Gasteiger partial charge >= 0.3 is 5.69 Å². The van der Waals surface area contributed by atoms with Gasteiger partial charge in [0.1, 0.15) is 11.5 Å². The van der Waals surface area contributed by atoms with Crippen molar-refractivity contribution in [2.75, 3.05) is 11.9 Å². The van der Waals surface area contributed by atoms with E-state index < -0.39 is 4.92 Å². The normalized spacial score (nSPS) is 20.4. The molecule has 2 unspecified atom stereocenters. The summed E-state index contributed by atoms with van der Waals surface area (Å²) in [6, 6.07) is 0. The minimum Gasteiger partial charge on any atom is -0.354 e. The van der Waals surface area contributed by atoms with Gasteiger partial charge in [-0.1, -0.05) is 26.2 Å². The maximum atomic E-state index is 11.5. The lowest BCUT2D eigenvalue weighted by molar-refractivity contribution is -0.385. The predicted octanol–water partition coefficient (Wildman–Crippen LogP) is 3.43. The molecule has 0 bridgehead atoms. The smallest absolute Gasteiger partial charge is 0.333 e. The Morgan fingerprint density at radius 1 is 1.32 bits per heavy atom. The summed E-state index contributed by atoms with van der Waals surface area (Å²) in [5.74, 6) is 2.60. The molecule has 0 aromatic carbocycles. The van der Waals surface area contributed by atoms with E-state index in [2.05, 4.69) is 27.2 Å². The first-order valence-electron chi connectivity index (χ1n) is 8.74. The maximum absolute atomic E-state index is 11.5. The summed E-state index contributed by atoms with van der Waals surface area (Å²) in [7, 11) is 0. The molecule has 1 aliphatic rings. The molecule has 0 spiro atoms. The third-order valence-corrected chi connectivity index (χ3v) is 5.09. The van der Waals surface area contributed by atoms with Gasteiger partial charge in [0, 0.05) is 18.9 Å². The molecule has 2 heterocycles. The number of nitro groups is 1. The molecule has 8 heteroatoms. The SMILES string of the molecule is Cc1nc(NCC2CCCCC2C)nc(-n2ccnc2C)c1[N+](=O)[O-]. The second-order valence-electron chi connectivity index (χ2n) is 6.81. The van der Waals surface area contributed by atoms with Crippen LogP contribution in [0.2, 0.25) is 0 Å². The van der Waals surface area contributed by atoms with Gasteiger partial charge in [0.05, 0.1) is 4.92 Å². The second-order valence-corrected chi connectivity index (χ2v) is 6.81. The first kappa shape index (κ1) is 17.3. The first-order chi connectivity index (χ1) is 12.0. The van der Waals surface area contributed by atoms with Crippen molar-refractivity contribution in [1.82, 2.24) is 19.5 Å². The van der Waals surface area contributed by atoms with Crippen molar-refractivity contribution in [3.63, 3.8) is 0 Å². The Hall–Kier alpha value is -2.51. The van der Waals surface area contributed by atoms with Crippen LogP contribution in [-0.2, 0) is 0 Å². The minimum atomic E-state index is -0.433. The molecule has 1 N–H and O–H groups in total. The molecule has 2 atom stereocenters. The van der Waals surface area contributed by atoms with Gasteiger partial charge in [-0.15, -0.1) is 0 Å². The third-order valence-electron chi connectivity index (χ3n) is 5.09. The van der Waals surface area contributed by atoms with Crippen molar-refractivity contribution >= 4 is 11.6 Å². The number of imidazole rings is 1. The Labute approximate surface area is 146 Å². The summed E-state index contributed by atoms with van der Waals surface area (Å²) in [6.45, 7) is 6.51. The van der Waals surface area contributed by atoms with E-state index in [0.717, 1.165) is 6.54 Å². The van der Waals surface area contributed by atoms with E-state index in [0.29, 0.717) is 29.3 Å². The largest absolute Gasteiger partial charge is 0.354 e. The van der Waals surface area contributed by atoms with E-state index in [1.807, 2.05) is 0 Å². The van der Waals surface area contributed by atoms with Crippen LogP contribution in [0.1, 0.15) is 44.1 Å². The molecular formula is C17H24N6O2. The Bertz CT molecular complexity index is 772. The van der Waals surface area contributed by atoms with Crippen LogP contribution >= 0.6 is 0 Å². The van der Waals surface area contributed by atoms with Crippen LogP contribution in [0.4, 0.5) is 11.6 Å². The molecule has 134 valence electrons. The molecule has 0 aliphatic heterocycles. The van der Waals surface area contributed by atoms with Crippen LogP contribution in [0.5, 0.6) is 0 Å². The fourth-order valence-electron chi connectivity index (χ4n) is 3.53. The van der Waals surface area contributed by atoms with E-state index in [1.54, 1.807) is 30.8 Å². The predicted molar refractivity (Wildman–Crippen MR) is 94.9 cm³/mol. The number of hydrogen-bond acceptors (Lipinski definition) is 6. The van der Waals surface area contributed by atoms with Crippen molar-refractivity contribution in [1.29, 1.82) is 0 Å². The molecule has 1 saturated carbocycles. The van der Waals surface area contributed by atoms with Crippen molar-refractivity contribution in [3.05, 3.63) is 34.0 Å². The highest BCUT2D eigenvalue weighted by Gasteiger charge is 2.25. The highest BCUT2D eigenvalue weighted by atomic mass is 16.6. The van der Waals surface area contributed by atoms with E-state index in [9.17, 15) is 10.1 Å². The number of aromatic nitrogens is 4. The molecule has 0 saturated heterocycles. The number of nitrogens with zero attached hydrogens (tertiary/aromatic N) is 5. The Kier molecular flexibility index (Phi) is 4.96. The van der Waals surface area contributed by atoms with E-state index >= 15 is 0 Å². The van der Waals surface area contributed by atoms with Crippen molar-refractivity contribution in [3.8, 4) is 5.82 Å². The van der Waals surface area contributed by atoms with Crippen molar-refractivity contribution in [2.45, 2.75) is 46.5 Å². The number of rotatable bonds is 5. The zero-order valence-corrected chi connectivity index (χ0v) is 14.9. The van der Waals surface area contributed by atoms with Gasteiger partial charge in [0.15, 0.2) is 0 Å². The lowest BCUT2D eigenvalue weighted by Gasteiger charge is -2.28. The van der Waals surface area contributed by atoms with Gasteiger partial charge in [0.25, 0.3) is 0 Å². The van der Waals surface area contributed by atoms with E-state index in [1.165, 1.54) is 25.7 Å². The van der Waals surface area contributed by atoms with Crippen LogP contribution in [-0.4, -0.2) is 31.0 Å². The summed E-state index contributed by atoms with van der Waals surface area (Å²) >= 11 is 0. The molecule has 3 rings (SSSR count). The minimum absolute atomic E-state index is 0.0855. The molecule has 0 radical (unpaired) electrons. The van der Waals surface area contributed by atoms with Gasteiger partial charge in [-0.2, -0.15) is 4.98 Å². The zero-order valence-electron chi connectivity index (χ0n) is 14.9. The Morgan fingerprint density at radius 2 is 2.08 bits per heavy atom. The van der Waals surface area contributed by atoms with Crippen LogP contribution < -0.4 is 5.32 Å². The van der Waals surface area contributed by atoms with Gasteiger partial charge in [-0.05, 0) is 32.1 Å². The van der Waals surface area contributed by atoms with E-state index in [-0.39, 0.29) is 11.5 Å². The topological polar surface area (TPSA) is 98.8 Å². The molecule has 8 nitrogen and oxygen atoms in total. The van der Waals surface area contributed by atoms with Gasteiger partial charge in [-0.3, -0.25) is 14.7 Å². The molecule has 1 fully saturated rings. The molecule has 2 aromatic heterocycles. The van der Waals surface area contributed by atoms with Crippen LogP contribution in [0, 0.1) is 35.8 Å². The number of nitrogens with one attached hydrogen (secondary N) is 1. The highest BCUT2D eigenvalue weighted by Crippen LogP contribution is 2.30. The highest BCUT2D eigenvalue weighted by molar-refractivity contribution is 5.54. The molecular weight excluding hydrogens is 320 g/mol. The number of hydrogen-bond donors (Lipinski definition) is 1. The lowest BCUT2D eigenvalue weighted by Crippen LogP contribution is -2.25. The average molecular weight is 344 g/mol. The van der Waals surface area contributed by atoms with E-state index in [4.69, 9.17) is 0 Å². The maximum Gasteiger partial charge on any atom is 0.333 e. The lowest BCUT2D eigenvalue weighted by atomic mass is 9.80. The summed E-state index contributed by atoms with van der Waals surface area (Å²) in [5, 5.41) is 14.8. The number of aryl methyl sites for hydroxylation is 2. The summed E-state index contributed by atoms with van der Waals surface area (Å²) in [5.41, 5.74) is 0.264. The first-order valence-corrected chi connectivity index (χ1v) is 8.74. The van der Waals surface area contributed by atoms with Crippen LogP contribution in [0.15, 0.2) is 12.4 Å². The van der Waals surface area contributed by atoms with Gasteiger partial charge in [0.2, 0.25) is 11.8 Å². The molecule has 0 amide bonds. The standard InChI is InChI=1S/C17H24N6O2/c1-11-6-4-5-7-14(11)10-19-17-20-12(2)15(23(24)25)16(21-17)22-9-8-18-13(22)3/h8-9,11,14H,4-7,10H2,1-3H3,(H,19,20,21). The fraction of sp³-hybridized carbons (Fsp3) is 0.588. The fourth-order valence-corrected chi connectivity index (χ4v) is 3.53. The van der Waals surface area contributed by atoms with Gasteiger partial charge < -0.3 is 5.32 Å². The van der Waals surface area contributed by atoms with Crippen LogP contribution in [0.25, 0.3) is 5.82 Å². The second kappa shape index (κ2) is 7.16. The molecule has 1 aliphatic carbocycles. The quantitative estimate of drug-likeness (QED) is 0.659. The summed E-state index contributed by atoms with van der Waals surface area (Å²) in [6.07, 6.45) is 8.30. The Morgan fingerprint density at radius 3 is 2.72 bits per heavy atom. The molecule has 2 aromatic rings. The number of anilines is 1.